The van der Waals surface area contributed by atoms with Crippen LogP contribution in [-0.4, -0.2) is 4.98 Å². The summed E-state index contributed by atoms with van der Waals surface area (Å²) in [5.41, 5.74) is 2.16. The zero-order chi connectivity index (χ0) is 13.1. The fourth-order valence-corrected chi connectivity index (χ4v) is 3.33. The van der Waals surface area contributed by atoms with Crippen molar-refractivity contribution in [2.24, 2.45) is 0 Å². The lowest BCUT2D eigenvalue weighted by atomic mass is 9.97. The Balaban J connectivity index is 2.31. The molecule has 0 aliphatic rings. The van der Waals surface area contributed by atoms with Gasteiger partial charge in [0, 0.05) is 25.9 Å². The fourth-order valence-electron chi connectivity index (χ4n) is 1.79. The molecule has 1 nitrogen and oxygen atoms in total. The molecular formula is C14H12BrClIN. The number of hydrogen-bond acceptors (Lipinski definition) is 1. The Morgan fingerprint density at radius 2 is 2.06 bits per heavy atom. The summed E-state index contributed by atoms with van der Waals surface area (Å²) < 4.78 is 2.23. The average molecular weight is 437 g/mol. The molecule has 0 N–H and O–H groups in total. The van der Waals surface area contributed by atoms with Crippen LogP contribution < -0.4 is 0 Å². The summed E-state index contributed by atoms with van der Waals surface area (Å²) in [5, 5.41) is -0.0794. The SMILES string of the molecule is CC(c1ccccn1)C(Cl)c1cc(Br)ccc1I. The van der Waals surface area contributed by atoms with Crippen LogP contribution in [0.3, 0.4) is 0 Å². The lowest BCUT2D eigenvalue weighted by molar-refractivity contribution is 0.704. The molecule has 2 atom stereocenters. The van der Waals surface area contributed by atoms with Crippen LogP contribution in [0.2, 0.25) is 0 Å². The van der Waals surface area contributed by atoms with E-state index < -0.39 is 0 Å². The molecule has 1 heterocycles. The number of nitrogens with zero attached hydrogens (tertiary/aromatic N) is 1. The minimum absolute atomic E-state index is 0.0794. The molecule has 1 aromatic carbocycles. The molecule has 94 valence electrons. The zero-order valence-electron chi connectivity index (χ0n) is 9.78. The van der Waals surface area contributed by atoms with Gasteiger partial charge in [-0.2, -0.15) is 0 Å². The van der Waals surface area contributed by atoms with Gasteiger partial charge in [-0.1, -0.05) is 28.9 Å². The van der Waals surface area contributed by atoms with E-state index in [1.807, 2.05) is 24.3 Å². The van der Waals surface area contributed by atoms with Crippen LogP contribution in [0.5, 0.6) is 0 Å². The summed E-state index contributed by atoms with van der Waals surface area (Å²) in [6.07, 6.45) is 1.81. The maximum Gasteiger partial charge on any atom is 0.0676 e. The van der Waals surface area contributed by atoms with Crippen LogP contribution in [-0.2, 0) is 0 Å². The minimum atomic E-state index is -0.0794. The first-order valence-electron chi connectivity index (χ1n) is 5.59. The van der Waals surface area contributed by atoms with Gasteiger partial charge in [0.05, 0.1) is 5.38 Å². The molecule has 0 radical (unpaired) electrons. The molecular weight excluding hydrogens is 424 g/mol. The maximum absolute atomic E-state index is 6.60. The first kappa shape index (κ1) is 14.3. The van der Waals surface area contributed by atoms with Crippen molar-refractivity contribution < 1.29 is 0 Å². The molecule has 0 saturated heterocycles. The fraction of sp³-hybridized carbons (Fsp3) is 0.214. The number of halogens is 3. The third kappa shape index (κ3) is 3.25. The van der Waals surface area contributed by atoms with E-state index in [1.165, 1.54) is 3.57 Å². The number of pyridine rings is 1. The molecule has 0 bridgehead atoms. The highest BCUT2D eigenvalue weighted by atomic mass is 127. The monoisotopic (exact) mass is 435 g/mol. The van der Waals surface area contributed by atoms with Crippen molar-refractivity contribution >= 4 is 50.1 Å². The number of alkyl halides is 1. The smallest absolute Gasteiger partial charge is 0.0676 e. The van der Waals surface area contributed by atoms with Gasteiger partial charge >= 0.3 is 0 Å². The zero-order valence-corrected chi connectivity index (χ0v) is 14.3. The van der Waals surface area contributed by atoms with E-state index in [1.54, 1.807) is 6.20 Å². The summed E-state index contributed by atoms with van der Waals surface area (Å²) in [7, 11) is 0. The number of rotatable bonds is 3. The van der Waals surface area contributed by atoms with Gasteiger partial charge in [0.1, 0.15) is 0 Å². The van der Waals surface area contributed by atoms with Crippen LogP contribution in [0.15, 0.2) is 47.1 Å². The second-order valence-electron chi connectivity index (χ2n) is 4.11. The lowest BCUT2D eigenvalue weighted by Crippen LogP contribution is -2.06. The molecule has 0 saturated carbocycles. The van der Waals surface area contributed by atoms with Crippen molar-refractivity contribution in [1.29, 1.82) is 0 Å². The largest absolute Gasteiger partial charge is 0.261 e. The van der Waals surface area contributed by atoms with E-state index in [0.717, 1.165) is 15.7 Å². The van der Waals surface area contributed by atoms with E-state index in [2.05, 4.69) is 62.6 Å². The van der Waals surface area contributed by atoms with Gasteiger partial charge in [-0.25, -0.2) is 0 Å². The molecule has 2 rings (SSSR count). The van der Waals surface area contributed by atoms with Gasteiger partial charge in [-0.15, -0.1) is 11.6 Å². The summed E-state index contributed by atoms with van der Waals surface area (Å²) in [6.45, 7) is 2.11. The molecule has 4 heteroatoms. The van der Waals surface area contributed by atoms with Crippen molar-refractivity contribution in [3.63, 3.8) is 0 Å². The Hall–Kier alpha value is -0.130. The van der Waals surface area contributed by atoms with Gasteiger partial charge in [-0.05, 0) is 58.5 Å². The van der Waals surface area contributed by atoms with Crippen LogP contribution in [0.4, 0.5) is 0 Å². The Kier molecular flexibility index (Phi) is 5.04. The highest BCUT2D eigenvalue weighted by Gasteiger charge is 2.21. The average Bonchev–Trinajstić information content (AvgIpc) is 2.41. The van der Waals surface area contributed by atoms with Crippen molar-refractivity contribution in [2.45, 2.75) is 18.2 Å². The van der Waals surface area contributed by atoms with Gasteiger partial charge in [0.2, 0.25) is 0 Å². The van der Waals surface area contributed by atoms with Crippen LogP contribution in [0.1, 0.15) is 29.5 Å². The molecule has 2 aromatic rings. The van der Waals surface area contributed by atoms with E-state index >= 15 is 0 Å². The Morgan fingerprint density at radius 3 is 2.72 bits per heavy atom. The predicted molar refractivity (Wildman–Crippen MR) is 88.1 cm³/mol. The molecule has 18 heavy (non-hydrogen) atoms. The molecule has 2 unspecified atom stereocenters. The van der Waals surface area contributed by atoms with Crippen LogP contribution in [0, 0.1) is 3.57 Å². The summed E-state index contributed by atoms with van der Waals surface area (Å²) in [4.78, 5) is 4.38. The minimum Gasteiger partial charge on any atom is -0.261 e. The second kappa shape index (κ2) is 6.35. The molecule has 1 aromatic heterocycles. The quantitative estimate of drug-likeness (QED) is 0.455. The standard InChI is InChI=1S/C14H12BrClIN/c1-9(13-4-2-3-7-18-13)14(16)11-8-10(15)5-6-12(11)17/h2-9,14H,1H3. The molecule has 0 amide bonds. The van der Waals surface area contributed by atoms with E-state index in [4.69, 9.17) is 11.6 Å². The summed E-state index contributed by atoms with van der Waals surface area (Å²) >= 11 is 12.4. The van der Waals surface area contributed by atoms with E-state index in [0.29, 0.717) is 0 Å². The molecule has 0 aliphatic carbocycles. The highest BCUT2D eigenvalue weighted by molar-refractivity contribution is 14.1. The van der Waals surface area contributed by atoms with Crippen molar-refractivity contribution in [2.75, 3.05) is 0 Å². The third-order valence-corrected chi connectivity index (χ3v) is 4.94. The molecule has 0 spiro atoms. The Bertz CT molecular complexity index is 533. The van der Waals surface area contributed by atoms with Crippen molar-refractivity contribution in [1.82, 2.24) is 4.98 Å². The first-order chi connectivity index (χ1) is 8.59. The first-order valence-corrected chi connectivity index (χ1v) is 7.90. The second-order valence-corrected chi connectivity index (χ2v) is 6.66. The molecule has 0 fully saturated rings. The van der Waals surface area contributed by atoms with Gasteiger partial charge in [-0.3, -0.25) is 4.98 Å². The van der Waals surface area contributed by atoms with Crippen LogP contribution in [0.25, 0.3) is 0 Å². The van der Waals surface area contributed by atoms with E-state index in [-0.39, 0.29) is 11.3 Å². The normalized spacial score (nSPS) is 14.2. The number of aromatic nitrogens is 1. The van der Waals surface area contributed by atoms with Gasteiger partial charge in [0.15, 0.2) is 0 Å². The Morgan fingerprint density at radius 1 is 1.28 bits per heavy atom. The molecule has 0 aliphatic heterocycles. The van der Waals surface area contributed by atoms with Gasteiger partial charge < -0.3 is 0 Å². The van der Waals surface area contributed by atoms with Crippen molar-refractivity contribution in [3.8, 4) is 0 Å². The van der Waals surface area contributed by atoms with Gasteiger partial charge in [0.25, 0.3) is 0 Å². The number of hydrogen-bond donors (Lipinski definition) is 0. The van der Waals surface area contributed by atoms with Crippen LogP contribution >= 0.6 is 50.1 Å². The Labute approximate surface area is 134 Å². The van der Waals surface area contributed by atoms with E-state index in [9.17, 15) is 0 Å². The topological polar surface area (TPSA) is 12.9 Å². The summed E-state index contributed by atoms with van der Waals surface area (Å²) in [5.74, 6) is 0.177. The number of benzene rings is 1. The van der Waals surface area contributed by atoms with Crippen molar-refractivity contribution in [3.05, 3.63) is 61.9 Å². The highest BCUT2D eigenvalue weighted by Crippen LogP contribution is 2.38. The maximum atomic E-state index is 6.60. The third-order valence-electron chi connectivity index (χ3n) is 2.85. The summed E-state index contributed by atoms with van der Waals surface area (Å²) in [6, 6.07) is 12.1. The lowest BCUT2D eigenvalue weighted by Gasteiger charge is -2.19. The predicted octanol–water partition coefficient (Wildman–Crippen LogP) is 5.53.